The number of hydrogen-bond donors (Lipinski definition) is 2. The van der Waals surface area contributed by atoms with Crippen LogP contribution in [0.1, 0.15) is 19.3 Å². The minimum absolute atomic E-state index is 0.0519. The van der Waals surface area contributed by atoms with Crippen molar-refractivity contribution in [2.24, 2.45) is 5.73 Å². The van der Waals surface area contributed by atoms with Gasteiger partial charge in [0.15, 0.2) is 0 Å². The summed E-state index contributed by atoms with van der Waals surface area (Å²) in [6.45, 7) is 1.06. The summed E-state index contributed by atoms with van der Waals surface area (Å²) in [6.07, 6.45) is 1.25. The minimum atomic E-state index is -1.11. The van der Waals surface area contributed by atoms with Crippen molar-refractivity contribution in [3.63, 3.8) is 0 Å². The molecular formula is C16H17Cl2N3O2. The van der Waals surface area contributed by atoms with Gasteiger partial charge in [-0.1, -0.05) is 29.3 Å². The fraction of sp³-hybridized carbons (Fsp3) is 0.375. The van der Waals surface area contributed by atoms with E-state index in [9.17, 15) is 9.90 Å². The highest BCUT2D eigenvalue weighted by atomic mass is 35.5. The number of amides is 1. The summed E-state index contributed by atoms with van der Waals surface area (Å²) in [7, 11) is 0. The molecule has 1 aromatic carbocycles. The highest BCUT2D eigenvalue weighted by molar-refractivity contribution is 6.45. The monoisotopic (exact) mass is 353 g/mol. The largest absolute Gasteiger partial charge is 0.388 e. The van der Waals surface area contributed by atoms with Crippen LogP contribution in [0.2, 0.25) is 10.0 Å². The smallest absolute Gasteiger partial charge is 0.220 e. The van der Waals surface area contributed by atoms with E-state index >= 15 is 0 Å². The van der Waals surface area contributed by atoms with Gasteiger partial charge in [-0.25, -0.2) is 4.98 Å². The van der Waals surface area contributed by atoms with Crippen LogP contribution >= 0.6 is 23.2 Å². The molecule has 1 fully saturated rings. The quantitative estimate of drug-likeness (QED) is 0.888. The second kappa shape index (κ2) is 6.15. The standard InChI is InChI=1S/C16H17Cl2N3O2/c17-11-4-2-10-3-5-13(20-15(10)14(11)18)21-7-1-6-16(23,9-21)8-12(19)22/h2-5,23H,1,6-9H2,(H2,19,22). The Bertz CT molecular complexity index is 768. The second-order valence-electron chi connectivity index (χ2n) is 6.00. The number of benzene rings is 1. The van der Waals surface area contributed by atoms with E-state index in [0.717, 1.165) is 18.4 Å². The van der Waals surface area contributed by atoms with Gasteiger partial charge in [-0.3, -0.25) is 4.79 Å². The van der Waals surface area contributed by atoms with Crippen LogP contribution in [0.3, 0.4) is 0 Å². The van der Waals surface area contributed by atoms with E-state index in [0.29, 0.717) is 34.3 Å². The number of anilines is 1. The number of nitrogens with zero attached hydrogens (tertiary/aromatic N) is 2. The van der Waals surface area contributed by atoms with Gasteiger partial charge in [0, 0.05) is 18.5 Å². The molecule has 1 aliphatic heterocycles. The molecule has 0 saturated carbocycles. The molecule has 1 aliphatic rings. The molecule has 1 aromatic heterocycles. The zero-order chi connectivity index (χ0) is 16.6. The van der Waals surface area contributed by atoms with Crippen LogP contribution < -0.4 is 10.6 Å². The topological polar surface area (TPSA) is 79.5 Å². The molecule has 1 saturated heterocycles. The van der Waals surface area contributed by atoms with Crippen LogP contribution in [0.15, 0.2) is 24.3 Å². The first-order valence-electron chi connectivity index (χ1n) is 7.38. The minimum Gasteiger partial charge on any atom is -0.388 e. The Hall–Kier alpha value is -1.56. The predicted octanol–water partition coefficient (Wildman–Crippen LogP) is 2.75. The van der Waals surface area contributed by atoms with Crippen LogP contribution in [-0.2, 0) is 4.79 Å². The number of hydrogen-bond acceptors (Lipinski definition) is 4. The van der Waals surface area contributed by atoms with Crippen molar-refractivity contribution in [1.29, 1.82) is 0 Å². The third-order valence-electron chi connectivity index (χ3n) is 4.12. The SMILES string of the molecule is NC(=O)CC1(O)CCCN(c2ccc3ccc(Cl)c(Cl)c3n2)C1. The molecule has 122 valence electrons. The number of β-amino-alcohol motifs (C(OH)–C–C–N with tert-alkyl or cyclic N) is 1. The highest BCUT2D eigenvalue weighted by Gasteiger charge is 2.35. The van der Waals surface area contributed by atoms with E-state index in [4.69, 9.17) is 28.9 Å². The normalized spacial score (nSPS) is 21.6. The molecular weight excluding hydrogens is 337 g/mol. The van der Waals surface area contributed by atoms with Gasteiger partial charge >= 0.3 is 0 Å². The maximum absolute atomic E-state index is 11.2. The Morgan fingerprint density at radius 1 is 1.35 bits per heavy atom. The average Bonchev–Trinajstić information content (AvgIpc) is 2.49. The van der Waals surface area contributed by atoms with E-state index < -0.39 is 11.5 Å². The summed E-state index contributed by atoms with van der Waals surface area (Å²) in [4.78, 5) is 17.7. The molecule has 2 heterocycles. The van der Waals surface area contributed by atoms with Gasteiger partial charge in [-0.15, -0.1) is 0 Å². The molecule has 2 aromatic rings. The zero-order valence-electron chi connectivity index (χ0n) is 12.4. The third-order valence-corrected chi connectivity index (χ3v) is 4.92. The fourth-order valence-electron chi connectivity index (χ4n) is 3.07. The van der Waals surface area contributed by atoms with E-state index in [1.807, 2.05) is 23.1 Å². The first kappa shape index (κ1) is 16.3. The fourth-order valence-corrected chi connectivity index (χ4v) is 3.44. The number of aliphatic hydroxyl groups is 1. The number of piperidine rings is 1. The lowest BCUT2D eigenvalue weighted by molar-refractivity contribution is -0.123. The highest BCUT2D eigenvalue weighted by Crippen LogP contribution is 2.32. The number of carbonyl (C=O) groups is 1. The van der Waals surface area contributed by atoms with Crippen molar-refractivity contribution in [1.82, 2.24) is 4.98 Å². The first-order valence-corrected chi connectivity index (χ1v) is 8.14. The number of fused-ring (bicyclic) bond motifs is 1. The maximum atomic E-state index is 11.2. The molecule has 0 bridgehead atoms. The Morgan fingerprint density at radius 2 is 2.09 bits per heavy atom. The van der Waals surface area contributed by atoms with Crippen molar-refractivity contribution < 1.29 is 9.90 Å². The first-order chi connectivity index (χ1) is 10.9. The summed E-state index contributed by atoms with van der Waals surface area (Å²) in [5, 5.41) is 12.3. The molecule has 3 N–H and O–H groups in total. The summed E-state index contributed by atoms with van der Waals surface area (Å²) < 4.78 is 0. The summed E-state index contributed by atoms with van der Waals surface area (Å²) >= 11 is 12.3. The molecule has 5 nitrogen and oxygen atoms in total. The van der Waals surface area contributed by atoms with E-state index in [-0.39, 0.29) is 6.42 Å². The second-order valence-corrected chi connectivity index (χ2v) is 6.78. The Morgan fingerprint density at radius 3 is 2.83 bits per heavy atom. The van der Waals surface area contributed by atoms with Crippen LogP contribution in [0, 0.1) is 0 Å². The van der Waals surface area contributed by atoms with Crippen LogP contribution in [0.4, 0.5) is 5.82 Å². The van der Waals surface area contributed by atoms with Crippen LogP contribution in [-0.4, -0.2) is 34.7 Å². The molecule has 0 aliphatic carbocycles. The molecule has 0 spiro atoms. The molecule has 1 unspecified atom stereocenters. The summed E-state index contributed by atoms with van der Waals surface area (Å²) in [6, 6.07) is 7.39. The number of primary amides is 1. The van der Waals surface area contributed by atoms with Gasteiger partial charge in [-0.05, 0) is 31.0 Å². The van der Waals surface area contributed by atoms with Gasteiger partial charge in [0.1, 0.15) is 5.82 Å². The summed E-state index contributed by atoms with van der Waals surface area (Å²) in [5.41, 5.74) is 4.75. The van der Waals surface area contributed by atoms with E-state index in [2.05, 4.69) is 4.98 Å². The molecule has 0 radical (unpaired) electrons. The number of halogens is 2. The van der Waals surface area contributed by atoms with Crippen molar-refractivity contribution in [2.45, 2.75) is 24.9 Å². The van der Waals surface area contributed by atoms with Crippen molar-refractivity contribution in [3.8, 4) is 0 Å². The van der Waals surface area contributed by atoms with Crippen molar-refractivity contribution in [2.75, 3.05) is 18.0 Å². The number of nitrogens with two attached hydrogens (primary N) is 1. The number of rotatable bonds is 3. The molecule has 1 atom stereocenters. The van der Waals surface area contributed by atoms with Gasteiger partial charge in [0.25, 0.3) is 0 Å². The Labute approximate surface area is 144 Å². The van der Waals surface area contributed by atoms with Crippen molar-refractivity contribution >= 4 is 45.8 Å². The lowest BCUT2D eigenvalue weighted by atomic mass is 9.89. The molecule has 1 amide bonds. The lowest BCUT2D eigenvalue weighted by Gasteiger charge is -2.39. The molecule has 7 heteroatoms. The Kier molecular flexibility index (Phi) is 4.36. The van der Waals surface area contributed by atoms with Crippen LogP contribution in [0.25, 0.3) is 10.9 Å². The maximum Gasteiger partial charge on any atom is 0.220 e. The van der Waals surface area contributed by atoms with Crippen molar-refractivity contribution in [3.05, 3.63) is 34.3 Å². The zero-order valence-corrected chi connectivity index (χ0v) is 13.9. The van der Waals surface area contributed by atoms with Gasteiger partial charge in [0.05, 0.1) is 27.6 Å². The number of pyridine rings is 1. The lowest BCUT2D eigenvalue weighted by Crippen LogP contribution is -2.50. The van der Waals surface area contributed by atoms with E-state index in [1.165, 1.54) is 0 Å². The van der Waals surface area contributed by atoms with E-state index in [1.54, 1.807) is 6.07 Å². The predicted molar refractivity (Wildman–Crippen MR) is 92.0 cm³/mol. The van der Waals surface area contributed by atoms with Gasteiger partial charge in [-0.2, -0.15) is 0 Å². The Balaban J connectivity index is 1.93. The van der Waals surface area contributed by atoms with Gasteiger partial charge in [0.2, 0.25) is 5.91 Å². The molecule has 23 heavy (non-hydrogen) atoms. The number of aromatic nitrogens is 1. The summed E-state index contributed by atoms with van der Waals surface area (Å²) in [5.74, 6) is 0.194. The van der Waals surface area contributed by atoms with Gasteiger partial charge < -0.3 is 15.7 Å². The number of carbonyl (C=O) groups excluding carboxylic acids is 1. The average molecular weight is 354 g/mol. The molecule has 3 rings (SSSR count). The third kappa shape index (κ3) is 3.37. The van der Waals surface area contributed by atoms with Crippen LogP contribution in [0.5, 0.6) is 0 Å².